The van der Waals surface area contributed by atoms with Gasteiger partial charge in [-0.05, 0) is 19.3 Å². The zero-order chi connectivity index (χ0) is 15.2. The number of sulfonamides is 1. The monoisotopic (exact) mass is 295 g/mol. The highest BCUT2D eigenvalue weighted by molar-refractivity contribution is 7.90. The molecule has 0 amide bonds. The molecule has 0 radical (unpaired) electrons. The molecule has 0 saturated carbocycles. The van der Waals surface area contributed by atoms with E-state index in [0.717, 1.165) is 7.11 Å². The van der Waals surface area contributed by atoms with Gasteiger partial charge in [0.05, 0.1) is 14.2 Å². The van der Waals surface area contributed by atoms with E-state index in [-0.39, 0.29) is 12.3 Å². The summed E-state index contributed by atoms with van der Waals surface area (Å²) in [5.74, 6) is -1.49. The number of carbonyl (C=O) groups is 2. The van der Waals surface area contributed by atoms with Gasteiger partial charge in [-0.1, -0.05) is 13.8 Å². The molecular formula is C11H21NO6S. The third kappa shape index (κ3) is 5.56. The number of rotatable bonds is 7. The van der Waals surface area contributed by atoms with Crippen LogP contribution in [0.2, 0.25) is 0 Å². The molecule has 0 heterocycles. The number of ether oxygens (including phenoxy) is 2. The Morgan fingerprint density at radius 3 is 1.89 bits per heavy atom. The largest absolute Gasteiger partial charge is 0.468 e. The van der Waals surface area contributed by atoms with Gasteiger partial charge in [0.2, 0.25) is 10.0 Å². The summed E-state index contributed by atoms with van der Waals surface area (Å²) < 4.78 is 35.0. The standard InChI is InChI=1S/C11H21NO6S/c1-7(2)6-9(11(14)18-5)12-19(15,16)8(3)10(13)17-4/h7-9,12H,6H2,1-5H3. The Bertz CT molecular complexity index is 417. The quantitative estimate of drug-likeness (QED) is 0.667. The van der Waals surface area contributed by atoms with Gasteiger partial charge in [0, 0.05) is 0 Å². The van der Waals surface area contributed by atoms with E-state index in [1.165, 1.54) is 14.0 Å². The Labute approximate surface area is 113 Å². The van der Waals surface area contributed by atoms with Gasteiger partial charge in [-0.3, -0.25) is 9.59 Å². The van der Waals surface area contributed by atoms with Crippen LogP contribution in [0, 0.1) is 5.92 Å². The van der Waals surface area contributed by atoms with Crippen LogP contribution in [0.1, 0.15) is 27.2 Å². The summed E-state index contributed by atoms with van der Waals surface area (Å²) in [6.07, 6.45) is 0.278. The van der Waals surface area contributed by atoms with E-state index in [4.69, 9.17) is 0 Å². The van der Waals surface area contributed by atoms with Crippen LogP contribution in [0.15, 0.2) is 0 Å². The van der Waals surface area contributed by atoms with Crippen molar-refractivity contribution < 1.29 is 27.5 Å². The number of esters is 2. The molecule has 0 spiro atoms. The molecule has 0 aromatic rings. The molecule has 0 aliphatic rings. The molecule has 0 aromatic carbocycles. The number of hydrogen-bond acceptors (Lipinski definition) is 6. The molecule has 2 atom stereocenters. The van der Waals surface area contributed by atoms with Crippen LogP contribution in [-0.4, -0.2) is 45.9 Å². The molecule has 2 unspecified atom stereocenters. The predicted octanol–water partition coefficient (Wildman–Crippen LogP) is 0.0550. The van der Waals surface area contributed by atoms with E-state index in [2.05, 4.69) is 14.2 Å². The first kappa shape index (κ1) is 17.8. The van der Waals surface area contributed by atoms with Crippen molar-refractivity contribution in [3.8, 4) is 0 Å². The zero-order valence-corrected chi connectivity index (χ0v) is 12.6. The lowest BCUT2D eigenvalue weighted by molar-refractivity contribution is -0.143. The summed E-state index contributed by atoms with van der Waals surface area (Å²) in [6.45, 7) is 4.87. The highest BCUT2D eigenvalue weighted by atomic mass is 32.2. The average Bonchev–Trinajstić information content (AvgIpc) is 2.34. The Balaban J connectivity index is 5.01. The second kappa shape index (κ2) is 7.44. The van der Waals surface area contributed by atoms with Crippen molar-refractivity contribution in [3.05, 3.63) is 0 Å². The fourth-order valence-corrected chi connectivity index (χ4v) is 2.54. The summed E-state index contributed by atoms with van der Waals surface area (Å²) in [4.78, 5) is 22.8. The van der Waals surface area contributed by atoms with Crippen LogP contribution in [-0.2, 0) is 29.1 Å². The average molecular weight is 295 g/mol. The maximum Gasteiger partial charge on any atom is 0.325 e. The van der Waals surface area contributed by atoms with Crippen molar-refractivity contribution >= 4 is 22.0 Å². The normalized spacial score (nSPS) is 14.8. The summed E-state index contributed by atoms with van der Waals surface area (Å²) in [5, 5.41) is -1.39. The molecule has 0 aliphatic carbocycles. The molecule has 1 N–H and O–H groups in total. The van der Waals surface area contributed by atoms with E-state index in [9.17, 15) is 18.0 Å². The highest BCUT2D eigenvalue weighted by Gasteiger charge is 2.33. The Morgan fingerprint density at radius 2 is 1.53 bits per heavy atom. The Morgan fingerprint density at radius 1 is 1.05 bits per heavy atom. The molecule has 8 heteroatoms. The maximum atomic E-state index is 11.9. The van der Waals surface area contributed by atoms with Crippen LogP contribution in [0.25, 0.3) is 0 Å². The maximum absolute atomic E-state index is 11.9. The number of hydrogen-bond donors (Lipinski definition) is 1. The molecule has 0 aliphatic heterocycles. The minimum absolute atomic E-state index is 0.0835. The Hall–Kier alpha value is -1.15. The fourth-order valence-electron chi connectivity index (χ4n) is 1.40. The molecule has 19 heavy (non-hydrogen) atoms. The van der Waals surface area contributed by atoms with E-state index in [1.807, 2.05) is 13.8 Å². The molecule has 0 fully saturated rings. The third-order valence-electron chi connectivity index (χ3n) is 2.50. The number of carbonyl (C=O) groups excluding carboxylic acids is 2. The molecule has 0 rings (SSSR count). The highest BCUT2D eigenvalue weighted by Crippen LogP contribution is 2.10. The first-order valence-electron chi connectivity index (χ1n) is 5.82. The molecular weight excluding hydrogens is 274 g/mol. The molecule has 7 nitrogen and oxygen atoms in total. The van der Waals surface area contributed by atoms with Crippen LogP contribution in [0.5, 0.6) is 0 Å². The fraction of sp³-hybridized carbons (Fsp3) is 0.818. The van der Waals surface area contributed by atoms with Crippen molar-refractivity contribution in [3.63, 3.8) is 0 Å². The minimum atomic E-state index is -4.00. The Kier molecular flexibility index (Phi) is 6.99. The van der Waals surface area contributed by atoms with Gasteiger partial charge in [0.25, 0.3) is 0 Å². The van der Waals surface area contributed by atoms with Crippen molar-refractivity contribution in [1.82, 2.24) is 4.72 Å². The summed E-state index contributed by atoms with van der Waals surface area (Å²) >= 11 is 0. The third-order valence-corrected chi connectivity index (χ3v) is 4.23. The molecule has 0 aromatic heterocycles. The van der Waals surface area contributed by atoms with Gasteiger partial charge in [0.1, 0.15) is 6.04 Å². The van der Waals surface area contributed by atoms with E-state index in [1.54, 1.807) is 0 Å². The van der Waals surface area contributed by atoms with E-state index >= 15 is 0 Å². The van der Waals surface area contributed by atoms with Crippen molar-refractivity contribution in [2.45, 2.75) is 38.5 Å². The van der Waals surface area contributed by atoms with Gasteiger partial charge in [-0.25, -0.2) is 13.1 Å². The second-order valence-corrected chi connectivity index (χ2v) is 6.57. The second-order valence-electron chi connectivity index (χ2n) is 4.53. The van der Waals surface area contributed by atoms with Crippen LogP contribution in [0.3, 0.4) is 0 Å². The summed E-state index contributed by atoms with van der Waals surface area (Å²) in [5.41, 5.74) is 0. The summed E-state index contributed by atoms with van der Waals surface area (Å²) in [6, 6.07) is -1.01. The van der Waals surface area contributed by atoms with Crippen LogP contribution in [0.4, 0.5) is 0 Å². The first-order valence-corrected chi connectivity index (χ1v) is 7.37. The van der Waals surface area contributed by atoms with Crippen molar-refractivity contribution in [1.29, 1.82) is 0 Å². The first-order chi connectivity index (χ1) is 8.65. The zero-order valence-electron chi connectivity index (χ0n) is 11.8. The smallest absolute Gasteiger partial charge is 0.325 e. The van der Waals surface area contributed by atoms with Gasteiger partial charge >= 0.3 is 11.9 Å². The molecule has 112 valence electrons. The predicted molar refractivity (Wildman–Crippen MR) is 68.8 cm³/mol. The van der Waals surface area contributed by atoms with E-state index < -0.39 is 33.3 Å². The number of methoxy groups -OCH3 is 2. The molecule has 0 saturated heterocycles. The van der Waals surface area contributed by atoms with Gasteiger partial charge in [0.15, 0.2) is 5.25 Å². The van der Waals surface area contributed by atoms with Gasteiger partial charge < -0.3 is 9.47 Å². The SMILES string of the molecule is COC(=O)C(CC(C)C)NS(=O)(=O)C(C)C(=O)OC. The van der Waals surface area contributed by atoms with Crippen molar-refractivity contribution in [2.24, 2.45) is 5.92 Å². The minimum Gasteiger partial charge on any atom is -0.468 e. The van der Waals surface area contributed by atoms with Crippen molar-refractivity contribution in [2.75, 3.05) is 14.2 Å². The lowest BCUT2D eigenvalue weighted by Crippen LogP contribution is -2.47. The summed E-state index contributed by atoms with van der Waals surface area (Å²) in [7, 11) is -1.73. The van der Waals surface area contributed by atoms with Gasteiger partial charge in [-0.15, -0.1) is 0 Å². The lowest BCUT2D eigenvalue weighted by Gasteiger charge is -2.20. The topological polar surface area (TPSA) is 98.8 Å². The lowest BCUT2D eigenvalue weighted by atomic mass is 10.1. The molecule has 0 bridgehead atoms. The van der Waals surface area contributed by atoms with Gasteiger partial charge in [-0.2, -0.15) is 0 Å². The van der Waals surface area contributed by atoms with Crippen LogP contribution < -0.4 is 4.72 Å². The number of nitrogens with one attached hydrogen (secondary N) is 1. The van der Waals surface area contributed by atoms with E-state index in [0.29, 0.717) is 0 Å². The van der Waals surface area contributed by atoms with Crippen LogP contribution >= 0.6 is 0 Å².